The van der Waals surface area contributed by atoms with E-state index in [0.29, 0.717) is 11.3 Å². The lowest BCUT2D eigenvalue weighted by Crippen LogP contribution is -2.12. The number of amides is 1. The molecule has 3 nitrogen and oxygen atoms in total. The smallest absolute Gasteiger partial charge is 0.256 e. The number of aromatic hydroxyl groups is 1. The fourth-order valence-electron chi connectivity index (χ4n) is 2.20. The molecule has 104 valence electrons. The van der Waals surface area contributed by atoms with Gasteiger partial charge >= 0.3 is 0 Å². The lowest BCUT2D eigenvalue weighted by atomic mass is 10.0. The molecular formula is C17H12FNO2. The predicted octanol–water partition coefficient (Wildman–Crippen LogP) is 3.94. The second-order valence-corrected chi connectivity index (χ2v) is 4.67. The molecule has 0 aromatic heterocycles. The second kappa shape index (κ2) is 5.25. The molecule has 0 atom stereocenters. The van der Waals surface area contributed by atoms with Crippen LogP contribution in [-0.4, -0.2) is 11.0 Å². The number of fused-ring (bicyclic) bond motifs is 1. The first-order valence-corrected chi connectivity index (χ1v) is 6.42. The van der Waals surface area contributed by atoms with E-state index in [1.165, 1.54) is 30.3 Å². The maximum absolute atomic E-state index is 12.9. The average molecular weight is 281 g/mol. The van der Waals surface area contributed by atoms with E-state index in [9.17, 15) is 14.3 Å². The molecule has 21 heavy (non-hydrogen) atoms. The van der Waals surface area contributed by atoms with Crippen molar-refractivity contribution < 1.29 is 14.3 Å². The van der Waals surface area contributed by atoms with Crippen LogP contribution in [0.4, 0.5) is 10.1 Å². The largest absolute Gasteiger partial charge is 0.508 e. The number of hydrogen-bond donors (Lipinski definition) is 2. The van der Waals surface area contributed by atoms with Crippen LogP contribution in [0.3, 0.4) is 0 Å². The first-order chi connectivity index (χ1) is 10.1. The van der Waals surface area contributed by atoms with Gasteiger partial charge in [-0.05, 0) is 59.3 Å². The summed E-state index contributed by atoms with van der Waals surface area (Å²) in [5.41, 5.74) is 1.02. The molecule has 0 fully saturated rings. The molecule has 0 radical (unpaired) electrons. The number of anilines is 1. The molecule has 3 aromatic rings. The van der Waals surface area contributed by atoms with Gasteiger partial charge in [0.1, 0.15) is 11.6 Å². The minimum Gasteiger partial charge on any atom is -0.508 e. The van der Waals surface area contributed by atoms with Crippen LogP contribution in [0.5, 0.6) is 5.75 Å². The fourth-order valence-corrected chi connectivity index (χ4v) is 2.20. The Labute approximate surface area is 120 Å². The van der Waals surface area contributed by atoms with E-state index in [1.54, 1.807) is 24.3 Å². The van der Waals surface area contributed by atoms with Crippen molar-refractivity contribution in [3.05, 3.63) is 72.0 Å². The average Bonchev–Trinajstić information content (AvgIpc) is 2.48. The number of carbonyl (C=O) groups is 1. The Morgan fingerprint density at radius 2 is 1.76 bits per heavy atom. The monoisotopic (exact) mass is 281 g/mol. The zero-order valence-electron chi connectivity index (χ0n) is 11.0. The van der Waals surface area contributed by atoms with E-state index in [1.807, 2.05) is 6.07 Å². The van der Waals surface area contributed by atoms with Crippen molar-refractivity contribution in [1.82, 2.24) is 0 Å². The van der Waals surface area contributed by atoms with E-state index in [-0.39, 0.29) is 17.5 Å². The van der Waals surface area contributed by atoms with Crippen LogP contribution in [0.15, 0.2) is 60.7 Å². The summed E-state index contributed by atoms with van der Waals surface area (Å²) < 4.78 is 12.9. The number of phenols is 1. The third-order valence-electron chi connectivity index (χ3n) is 3.21. The van der Waals surface area contributed by atoms with Gasteiger partial charge in [0.2, 0.25) is 0 Å². The van der Waals surface area contributed by atoms with Gasteiger partial charge in [-0.3, -0.25) is 4.79 Å². The molecule has 3 rings (SSSR count). The van der Waals surface area contributed by atoms with E-state index < -0.39 is 0 Å². The molecule has 3 aromatic carbocycles. The second-order valence-electron chi connectivity index (χ2n) is 4.67. The standard InChI is InChI=1S/C17H12FNO2/c18-12-4-6-13(7-5-12)19-17(21)16-3-1-2-11-10-14(20)8-9-15(11)16/h1-10,20H,(H,19,21). The Kier molecular flexibility index (Phi) is 3.28. The SMILES string of the molecule is O=C(Nc1ccc(F)cc1)c1cccc2cc(O)ccc12. The minimum absolute atomic E-state index is 0.151. The lowest BCUT2D eigenvalue weighted by Gasteiger charge is -2.08. The van der Waals surface area contributed by atoms with Crippen LogP contribution in [0, 0.1) is 5.82 Å². The van der Waals surface area contributed by atoms with E-state index in [4.69, 9.17) is 0 Å². The summed E-state index contributed by atoms with van der Waals surface area (Å²) in [4.78, 5) is 12.3. The Balaban J connectivity index is 1.96. The minimum atomic E-state index is -0.353. The molecule has 0 spiro atoms. The zero-order chi connectivity index (χ0) is 14.8. The Morgan fingerprint density at radius 1 is 1.00 bits per heavy atom. The molecule has 4 heteroatoms. The number of hydrogen-bond acceptors (Lipinski definition) is 2. The Morgan fingerprint density at radius 3 is 2.52 bits per heavy atom. The molecule has 0 heterocycles. The van der Waals surface area contributed by atoms with Gasteiger partial charge in [0.15, 0.2) is 0 Å². The van der Waals surface area contributed by atoms with Gasteiger partial charge in [0.05, 0.1) is 0 Å². The number of halogens is 1. The summed E-state index contributed by atoms with van der Waals surface area (Å²) in [6.45, 7) is 0. The third-order valence-corrected chi connectivity index (χ3v) is 3.21. The van der Waals surface area contributed by atoms with Crippen LogP contribution in [0.25, 0.3) is 10.8 Å². The summed E-state index contributed by atoms with van der Waals surface area (Å²) in [7, 11) is 0. The van der Waals surface area contributed by atoms with Crippen LogP contribution >= 0.6 is 0 Å². The lowest BCUT2D eigenvalue weighted by molar-refractivity contribution is 0.102. The maximum Gasteiger partial charge on any atom is 0.256 e. The molecule has 0 saturated heterocycles. The number of carbonyl (C=O) groups excluding carboxylic acids is 1. The van der Waals surface area contributed by atoms with Crippen LogP contribution in [0.1, 0.15) is 10.4 Å². The highest BCUT2D eigenvalue weighted by Gasteiger charge is 2.10. The number of phenolic OH excluding ortho intramolecular Hbond substituents is 1. The van der Waals surface area contributed by atoms with E-state index >= 15 is 0 Å². The van der Waals surface area contributed by atoms with Gasteiger partial charge in [-0.15, -0.1) is 0 Å². The van der Waals surface area contributed by atoms with Crippen molar-refractivity contribution in [3.63, 3.8) is 0 Å². The van der Waals surface area contributed by atoms with Crippen LogP contribution in [0.2, 0.25) is 0 Å². The summed E-state index contributed by atoms with van der Waals surface area (Å²) in [5.74, 6) is -0.481. The summed E-state index contributed by atoms with van der Waals surface area (Å²) in [6.07, 6.45) is 0. The van der Waals surface area contributed by atoms with Gasteiger partial charge in [-0.25, -0.2) is 4.39 Å². The Hall–Kier alpha value is -2.88. The molecule has 0 bridgehead atoms. The van der Waals surface area contributed by atoms with Crippen molar-refractivity contribution in [2.75, 3.05) is 5.32 Å². The highest BCUT2D eigenvalue weighted by atomic mass is 19.1. The highest BCUT2D eigenvalue weighted by molar-refractivity contribution is 6.13. The fraction of sp³-hybridized carbons (Fsp3) is 0. The number of benzene rings is 3. The summed E-state index contributed by atoms with van der Waals surface area (Å²) in [6, 6.07) is 15.7. The van der Waals surface area contributed by atoms with Crippen LogP contribution in [-0.2, 0) is 0 Å². The first kappa shape index (κ1) is 13.1. The first-order valence-electron chi connectivity index (χ1n) is 6.42. The van der Waals surface area contributed by atoms with Crippen molar-refractivity contribution in [2.45, 2.75) is 0 Å². The third kappa shape index (κ3) is 2.69. The van der Waals surface area contributed by atoms with Crippen molar-refractivity contribution in [1.29, 1.82) is 0 Å². The molecule has 0 aliphatic carbocycles. The quantitative estimate of drug-likeness (QED) is 0.747. The summed E-state index contributed by atoms with van der Waals surface area (Å²) in [5, 5.41) is 13.7. The predicted molar refractivity (Wildman–Crippen MR) is 80.0 cm³/mol. The van der Waals surface area contributed by atoms with Gasteiger partial charge in [-0.1, -0.05) is 12.1 Å². The molecule has 2 N–H and O–H groups in total. The summed E-state index contributed by atoms with van der Waals surface area (Å²) >= 11 is 0. The maximum atomic E-state index is 12.9. The molecule has 1 amide bonds. The van der Waals surface area contributed by atoms with Crippen molar-refractivity contribution in [2.24, 2.45) is 0 Å². The number of nitrogens with one attached hydrogen (secondary N) is 1. The van der Waals surface area contributed by atoms with Gasteiger partial charge < -0.3 is 10.4 Å². The molecule has 0 saturated carbocycles. The normalized spacial score (nSPS) is 10.5. The van der Waals surface area contributed by atoms with E-state index in [0.717, 1.165) is 10.8 Å². The molecule has 0 aliphatic rings. The van der Waals surface area contributed by atoms with Gasteiger partial charge in [0.25, 0.3) is 5.91 Å². The molecule has 0 aliphatic heterocycles. The molecule has 0 unspecified atom stereocenters. The van der Waals surface area contributed by atoms with E-state index in [2.05, 4.69) is 5.32 Å². The molecular weight excluding hydrogens is 269 g/mol. The van der Waals surface area contributed by atoms with Crippen molar-refractivity contribution in [3.8, 4) is 5.75 Å². The van der Waals surface area contributed by atoms with Gasteiger partial charge in [-0.2, -0.15) is 0 Å². The highest BCUT2D eigenvalue weighted by Crippen LogP contribution is 2.24. The van der Waals surface area contributed by atoms with Crippen LogP contribution < -0.4 is 5.32 Å². The van der Waals surface area contributed by atoms with Crippen molar-refractivity contribution >= 4 is 22.4 Å². The topological polar surface area (TPSA) is 49.3 Å². The number of rotatable bonds is 2. The van der Waals surface area contributed by atoms with Gasteiger partial charge in [0, 0.05) is 11.3 Å². The Bertz CT molecular complexity index is 813. The zero-order valence-corrected chi connectivity index (χ0v) is 11.0.